The number of nitrogens with zero attached hydrogens (tertiary/aromatic N) is 3. The predicted octanol–water partition coefficient (Wildman–Crippen LogP) is 8.47. The van der Waals surface area contributed by atoms with E-state index in [4.69, 9.17) is 9.47 Å². The maximum Gasteiger partial charge on any atom is 0.416 e. The van der Waals surface area contributed by atoms with E-state index in [0.29, 0.717) is 35.8 Å². The van der Waals surface area contributed by atoms with Gasteiger partial charge in [-0.25, -0.2) is 4.98 Å². The minimum absolute atomic E-state index is 0.0221. The molecule has 0 atom stereocenters. The highest BCUT2D eigenvalue weighted by atomic mass is 79.9. The molecule has 0 aliphatic carbocycles. The van der Waals surface area contributed by atoms with Crippen LogP contribution in [0.2, 0.25) is 0 Å². The minimum atomic E-state index is -4.56. The van der Waals surface area contributed by atoms with Crippen LogP contribution in [0.25, 0.3) is 22.3 Å². The van der Waals surface area contributed by atoms with Crippen molar-refractivity contribution in [1.29, 1.82) is 0 Å². The zero-order valence-corrected chi connectivity index (χ0v) is 25.2. The molecule has 0 aliphatic heterocycles. The molecule has 214 valence electrons. The molecule has 0 radical (unpaired) electrons. The molecule has 0 unspecified atom stereocenters. The summed E-state index contributed by atoms with van der Waals surface area (Å²) in [6.07, 6.45) is -3.14. The first-order valence-corrected chi connectivity index (χ1v) is 14.3. The monoisotopic (exact) mass is 699 g/mol. The average Bonchev–Trinajstić information content (AvgIpc) is 2.97. The summed E-state index contributed by atoms with van der Waals surface area (Å²) >= 11 is 6.97. The van der Waals surface area contributed by atoms with E-state index in [1.807, 2.05) is 25.1 Å². The normalized spacial score (nSPS) is 11.8. The number of aromatic nitrogens is 2. The first-order chi connectivity index (χ1) is 20.1. The lowest BCUT2D eigenvalue weighted by Crippen LogP contribution is -2.20. The molecule has 0 bridgehead atoms. The molecular formula is C31H22Br2F3N3O3. The van der Waals surface area contributed by atoms with Gasteiger partial charge in [-0.2, -0.15) is 22.9 Å². The SMILES string of the molecule is CCOc1cc(C=Nn2c(-c3cccc(C(F)(F)F)c3)nc3ccccc3c2=O)ccc1OCc1ccc(Br)cc1Br. The fraction of sp³-hybridized carbons (Fsp3) is 0.129. The largest absolute Gasteiger partial charge is 0.490 e. The highest BCUT2D eigenvalue weighted by Gasteiger charge is 2.31. The van der Waals surface area contributed by atoms with E-state index < -0.39 is 17.3 Å². The molecule has 0 saturated heterocycles. The van der Waals surface area contributed by atoms with Crippen LogP contribution in [0.15, 0.2) is 104 Å². The third kappa shape index (κ3) is 6.57. The van der Waals surface area contributed by atoms with Crippen LogP contribution in [0.5, 0.6) is 11.5 Å². The number of benzene rings is 4. The van der Waals surface area contributed by atoms with Crippen molar-refractivity contribution in [3.63, 3.8) is 0 Å². The fourth-order valence-corrected chi connectivity index (χ4v) is 5.32. The Hall–Kier alpha value is -3.96. The van der Waals surface area contributed by atoms with Crippen molar-refractivity contribution in [3.05, 3.63) is 121 Å². The molecule has 6 nitrogen and oxygen atoms in total. The van der Waals surface area contributed by atoms with E-state index in [1.165, 1.54) is 18.3 Å². The van der Waals surface area contributed by atoms with Crippen LogP contribution < -0.4 is 15.0 Å². The van der Waals surface area contributed by atoms with Crippen LogP contribution in [0.1, 0.15) is 23.6 Å². The second-order valence-corrected chi connectivity index (χ2v) is 10.8. The van der Waals surface area contributed by atoms with Crippen LogP contribution in [0.3, 0.4) is 0 Å². The van der Waals surface area contributed by atoms with E-state index in [1.54, 1.807) is 42.5 Å². The molecule has 5 aromatic rings. The number of alkyl halides is 3. The number of fused-ring (bicyclic) bond motifs is 1. The molecule has 1 aromatic heterocycles. The second kappa shape index (κ2) is 12.5. The maximum atomic E-state index is 13.5. The van der Waals surface area contributed by atoms with Gasteiger partial charge >= 0.3 is 6.18 Å². The van der Waals surface area contributed by atoms with E-state index in [0.717, 1.165) is 31.3 Å². The topological polar surface area (TPSA) is 65.7 Å². The Labute approximate surface area is 255 Å². The highest BCUT2D eigenvalue weighted by molar-refractivity contribution is 9.11. The molecular weight excluding hydrogens is 679 g/mol. The van der Waals surface area contributed by atoms with E-state index in [-0.39, 0.29) is 16.8 Å². The second-order valence-electron chi connectivity index (χ2n) is 9.06. The van der Waals surface area contributed by atoms with Gasteiger partial charge in [0.1, 0.15) is 6.61 Å². The standard InChI is InChI=1S/C31H22Br2F3N3O3/c1-2-41-28-14-19(10-13-27(28)42-18-21-11-12-23(32)16-25(21)33)17-37-39-29(20-6-5-7-22(15-20)31(34,35)36)38-26-9-4-3-8-24(26)30(39)40/h3-17H,2,18H2,1H3. The number of hydrogen-bond donors (Lipinski definition) is 0. The number of ether oxygens (including phenoxy) is 2. The van der Waals surface area contributed by atoms with Gasteiger partial charge in [-0.15, -0.1) is 0 Å². The van der Waals surface area contributed by atoms with Crippen molar-refractivity contribution in [2.45, 2.75) is 19.7 Å². The lowest BCUT2D eigenvalue weighted by molar-refractivity contribution is -0.137. The summed E-state index contributed by atoms with van der Waals surface area (Å²) in [6, 6.07) is 22.2. The average molecular weight is 701 g/mol. The molecule has 0 fully saturated rings. The lowest BCUT2D eigenvalue weighted by Gasteiger charge is -2.14. The molecule has 1 heterocycles. The van der Waals surface area contributed by atoms with Crippen molar-refractivity contribution < 1.29 is 22.6 Å². The molecule has 11 heteroatoms. The van der Waals surface area contributed by atoms with Gasteiger partial charge in [0.2, 0.25) is 0 Å². The summed E-state index contributed by atoms with van der Waals surface area (Å²) in [6.45, 7) is 2.52. The van der Waals surface area contributed by atoms with Gasteiger partial charge < -0.3 is 9.47 Å². The third-order valence-corrected chi connectivity index (χ3v) is 7.42. The van der Waals surface area contributed by atoms with E-state index in [2.05, 4.69) is 41.9 Å². The quantitative estimate of drug-likeness (QED) is 0.152. The molecule has 42 heavy (non-hydrogen) atoms. The zero-order chi connectivity index (χ0) is 29.9. The first-order valence-electron chi connectivity index (χ1n) is 12.7. The summed E-state index contributed by atoms with van der Waals surface area (Å²) in [5.74, 6) is 0.959. The van der Waals surface area contributed by atoms with Crippen molar-refractivity contribution in [2.24, 2.45) is 5.10 Å². The van der Waals surface area contributed by atoms with Crippen molar-refractivity contribution in [3.8, 4) is 22.9 Å². The van der Waals surface area contributed by atoms with Crippen molar-refractivity contribution in [1.82, 2.24) is 9.66 Å². The molecule has 0 aliphatic rings. The summed E-state index contributed by atoms with van der Waals surface area (Å²) in [5.41, 5.74) is 0.586. The number of para-hydroxylation sites is 1. The Kier molecular flexibility index (Phi) is 8.79. The van der Waals surface area contributed by atoms with Gasteiger partial charge in [0, 0.05) is 20.1 Å². The molecule has 4 aromatic carbocycles. The Morgan fingerprint density at radius 1 is 0.929 bits per heavy atom. The lowest BCUT2D eigenvalue weighted by atomic mass is 10.1. The summed E-state index contributed by atoms with van der Waals surface area (Å²) in [4.78, 5) is 18.0. The van der Waals surface area contributed by atoms with Gasteiger partial charge in [-0.1, -0.05) is 62.2 Å². The Morgan fingerprint density at radius 3 is 2.50 bits per heavy atom. The molecule has 5 rings (SSSR count). The van der Waals surface area contributed by atoms with Gasteiger partial charge in [-0.05, 0) is 67.1 Å². The van der Waals surface area contributed by atoms with Crippen LogP contribution in [-0.2, 0) is 12.8 Å². The summed E-state index contributed by atoms with van der Waals surface area (Å²) in [5, 5.41) is 4.65. The minimum Gasteiger partial charge on any atom is -0.490 e. The number of hydrogen-bond acceptors (Lipinski definition) is 5. The summed E-state index contributed by atoms with van der Waals surface area (Å²) < 4.78 is 55.0. The molecule has 0 amide bonds. The van der Waals surface area contributed by atoms with Crippen LogP contribution in [-0.4, -0.2) is 22.5 Å². The zero-order valence-electron chi connectivity index (χ0n) is 22.0. The Morgan fingerprint density at radius 2 is 1.74 bits per heavy atom. The van der Waals surface area contributed by atoms with Gasteiger partial charge in [0.05, 0.1) is 29.3 Å². The third-order valence-electron chi connectivity index (χ3n) is 6.19. The van der Waals surface area contributed by atoms with Crippen LogP contribution >= 0.6 is 31.9 Å². The van der Waals surface area contributed by atoms with Crippen LogP contribution in [0, 0.1) is 0 Å². The van der Waals surface area contributed by atoms with Gasteiger partial charge in [-0.3, -0.25) is 4.79 Å². The molecule has 0 saturated carbocycles. The fourth-order valence-electron chi connectivity index (χ4n) is 4.16. The molecule has 0 spiro atoms. The Bertz CT molecular complexity index is 1860. The first kappa shape index (κ1) is 29.5. The predicted molar refractivity (Wildman–Crippen MR) is 163 cm³/mol. The number of halogens is 5. The smallest absolute Gasteiger partial charge is 0.416 e. The van der Waals surface area contributed by atoms with Crippen molar-refractivity contribution >= 4 is 49.0 Å². The summed E-state index contributed by atoms with van der Waals surface area (Å²) in [7, 11) is 0. The van der Waals surface area contributed by atoms with Crippen molar-refractivity contribution in [2.75, 3.05) is 6.61 Å². The van der Waals surface area contributed by atoms with E-state index >= 15 is 0 Å². The number of rotatable bonds is 8. The molecule has 0 N–H and O–H groups in total. The Balaban J connectivity index is 1.52. The maximum absolute atomic E-state index is 13.5. The highest BCUT2D eigenvalue weighted by Crippen LogP contribution is 2.33. The van der Waals surface area contributed by atoms with E-state index in [9.17, 15) is 18.0 Å². The van der Waals surface area contributed by atoms with Gasteiger partial charge in [0.15, 0.2) is 17.3 Å². The van der Waals surface area contributed by atoms with Crippen LogP contribution in [0.4, 0.5) is 13.2 Å². The van der Waals surface area contributed by atoms with Gasteiger partial charge in [0.25, 0.3) is 5.56 Å².